The molecule has 0 aromatic rings. The molecule has 0 aromatic carbocycles. The average molecular weight is 202 g/mol. The standard InChI is InChI=1S/C10H22N2O2/c1-3-5-14-6-4-10(13)12-8-9(2)7-11/h9H,3-8,11H2,1-2H3,(H,12,13). The van der Waals surface area contributed by atoms with E-state index in [0.717, 1.165) is 13.0 Å². The zero-order valence-corrected chi connectivity index (χ0v) is 9.21. The highest BCUT2D eigenvalue weighted by Crippen LogP contribution is 1.89. The van der Waals surface area contributed by atoms with Gasteiger partial charge in [-0.05, 0) is 18.9 Å². The highest BCUT2D eigenvalue weighted by Gasteiger charge is 2.03. The normalized spacial score (nSPS) is 12.5. The Balaban J connectivity index is 3.28. The number of hydrogen-bond acceptors (Lipinski definition) is 3. The molecule has 0 rings (SSSR count). The first-order valence-electron chi connectivity index (χ1n) is 5.25. The predicted octanol–water partition coefficient (Wildman–Crippen LogP) is 0.514. The van der Waals surface area contributed by atoms with E-state index in [2.05, 4.69) is 5.32 Å². The van der Waals surface area contributed by atoms with E-state index in [1.165, 1.54) is 0 Å². The van der Waals surface area contributed by atoms with E-state index in [4.69, 9.17) is 10.5 Å². The van der Waals surface area contributed by atoms with Crippen LogP contribution >= 0.6 is 0 Å². The lowest BCUT2D eigenvalue weighted by Gasteiger charge is -2.09. The lowest BCUT2D eigenvalue weighted by Crippen LogP contribution is -2.31. The van der Waals surface area contributed by atoms with E-state index in [9.17, 15) is 4.79 Å². The summed E-state index contributed by atoms with van der Waals surface area (Å²) < 4.78 is 5.20. The first-order valence-corrected chi connectivity index (χ1v) is 5.25. The minimum absolute atomic E-state index is 0.0430. The van der Waals surface area contributed by atoms with Gasteiger partial charge >= 0.3 is 0 Å². The van der Waals surface area contributed by atoms with Crippen LogP contribution < -0.4 is 11.1 Å². The van der Waals surface area contributed by atoms with Gasteiger partial charge in [0.25, 0.3) is 0 Å². The molecule has 0 spiro atoms. The molecule has 1 unspecified atom stereocenters. The molecule has 1 atom stereocenters. The van der Waals surface area contributed by atoms with E-state index < -0.39 is 0 Å². The molecule has 14 heavy (non-hydrogen) atoms. The van der Waals surface area contributed by atoms with Crippen molar-refractivity contribution in [2.45, 2.75) is 26.7 Å². The first-order chi connectivity index (χ1) is 6.70. The Labute approximate surface area is 86.2 Å². The Bertz CT molecular complexity index is 151. The van der Waals surface area contributed by atoms with Crippen molar-refractivity contribution in [2.24, 2.45) is 11.7 Å². The zero-order valence-electron chi connectivity index (χ0n) is 9.21. The number of carbonyl (C=O) groups excluding carboxylic acids is 1. The van der Waals surface area contributed by atoms with E-state index in [1.807, 2.05) is 13.8 Å². The molecule has 0 aliphatic carbocycles. The number of carbonyl (C=O) groups is 1. The molecule has 0 bridgehead atoms. The van der Waals surface area contributed by atoms with Crippen molar-refractivity contribution >= 4 is 5.91 Å². The highest BCUT2D eigenvalue weighted by atomic mass is 16.5. The van der Waals surface area contributed by atoms with Crippen LogP contribution in [0.25, 0.3) is 0 Å². The highest BCUT2D eigenvalue weighted by molar-refractivity contribution is 5.75. The third-order valence-electron chi connectivity index (χ3n) is 1.87. The van der Waals surface area contributed by atoms with Crippen molar-refractivity contribution in [3.63, 3.8) is 0 Å². The van der Waals surface area contributed by atoms with Gasteiger partial charge in [-0.1, -0.05) is 13.8 Å². The van der Waals surface area contributed by atoms with Crippen molar-refractivity contribution < 1.29 is 9.53 Å². The molecule has 1 amide bonds. The molecule has 0 radical (unpaired) electrons. The monoisotopic (exact) mass is 202 g/mol. The number of hydrogen-bond donors (Lipinski definition) is 2. The second-order valence-electron chi connectivity index (χ2n) is 3.51. The van der Waals surface area contributed by atoms with Gasteiger partial charge in [0.15, 0.2) is 0 Å². The second kappa shape index (κ2) is 8.97. The van der Waals surface area contributed by atoms with E-state index in [0.29, 0.717) is 32.0 Å². The molecular weight excluding hydrogens is 180 g/mol. The summed E-state index contributed by atoms with van der Waals surface area (Å²) in [6.07, 6.45) is 1.43. The molecule has 3 N–H and O–H groups in total. The van der Waals surface area contributed by atoms with Gasteiger partial charge in [-0.15, -0.1) is 0 Å². The maximum Gasteiger partial charge on any atom is 0.222 e. The largest absolute Gasteiger partial charge is 0.381 e. The molecule has 0 saturated heterocycles. The van der Waals surface area contributed by atoms with Gasteiger partial charge in [0.2, 0.25) is 5.91 Å². The third kappa shape index (κ3) is 8.01. The van der Waals surface area contributed by atoms with Crippen LogP contribution in [0.3, 0.4) is 0 Å². The number of rotatable bonds is 8. The van der Waals surface area contributed by atoms with Crippen LogP contribution in [0, 0.1) is 5.92 Å². The molecule has 84 valence electrons. The molecule has 4 nitrogen and oxygen atoms in total. The summed E-state index contributed by atoms with van der Waals surface area (Å²) in [6.45, 7) is 6.55. The summed E-state index contributed by atoms with van der Waals surface area (Å²) in [7, 11) is 0. The smallest absolute Gasteiger partial charge is 0.222 e. The van der Waals surface area contributed by atoms with Crippen LogP contribution in [-0.2, 0) is 9.53 Å². The van der Waals surface area contributed by atoms with Gasteiger partial charge in [0, 0.05) is 19.6 Å². The molecule has 0 heterocycles. The summed E-state index contributed by atoms with van der Waals surface area (Å²) in [6, 6.07) is 0. The summed E-state index contributed by atoms with van der Waals surface area (Å²) in [5, 5.41) is 2.81. The lowest BCUT2D eigenvalue weighted by atomic mass is 10.2. The van der Waals surface area contributed by atoms with Crippen molar-refractivity contribution in [3.05, 3.63) is 0 Å². The fourth-order valence-corrected chi connectivity index (χ4v) is 0.871. The summed E-state index contributed by atoms with van der Waals surface area (Å²) in [5.74, 6) is 0.386. The molecule has 0 aromatic heterocycles. The van der Waals surface area contributed by atoms with Crippen LogP contribution in [0.5, 0.6) is 0 Å². The van der Waals surface area contributed by atoms with Gasteiger partial charge in [-0.2, -0.15) is 0 Å². The summed E-state index contributed by atoms with van der Waals surface area (Å²) in [4.78, 5) is 11.2. The molecule has 0 aliphatic rings. The van der Waals surface area contributed by atoms with E-state index in [-0.39, 0.29) is 5.91 Å². The maximum atomic E-state index is 11.2. The molecule has 4 heteroatoms. The fraction of sp³-hybridized carbons (Fsp3) is 0.900. The Morgan fingerprint density at radius 1 is 1.50 bits per heavy atom. The van der Waals surface area contributed by atoms with E-state index >= 15 is 0 Å². The van der Waals surface area contributed by atoms with Crippen molar-refractivity contribution in [2.75, 3.05) is 26.3 Å². The van der Waals surface area contributed by atoms with Gasteiger partial charge in [0.1, 0.15) is 0 Å². The number of nitrogens with one attached hydrogen (secondary N) is 1. The minimum atomic E-state index is 0.0430. The van der Waals surface area contributed by atoms with Crippen LogP contribution in [-0.4, -0.2) is 32.2 Å². The number of amides is 1. The van der Waals surface area contributed by atoms with Crippen LogP contribution in [0.4, 0.5) is 0 Å². The van der Waals surface area contributed by atoms with Gasteiger partial charge in [-0.3, -0.25) is 4.79 Å². The van der Waals surface area contributed by atoms with Crippen molar-refractivity contribution in [1.82, 2.24) is 5.32 Å². The van der Waals surface area contributed by atoms with Crippen LogP contribution in [0.15, 0.2) is 0 Å². The third-order valence-corrected chi connectivity index (χ3v) is 1.87. The van der Waals surface area contributed by atoms with E-state index in [1.54, 1.807) is 0 Å². The Hall–Kier alpha value is -0.610. The maximum absolute atomic E-state index is 11.2. The predicted molar refractivity (Wildman–Crippen MR) is 57.0 cm³/mol. The summed E-state index contributed by atoms with van der Waals surface area (Å²) >= 11 is 0. The number of ether oxygens (including phenoxy) is 1. The molecule has 0 saturated carbocycles. The van der Waals surface area contributed by atoms with Crippen molar-refractivity contribution in [3.8, 4) is 0 Å². The Morgan fingerprint density at radius 3 is 2.79 bits per heavy atom. The molecular formula is C10H22N2O2. The average Bonchev–Trinajstić information content (AvgIpc) is 2.21. The quantitative estimate of drug-likeness (QED) is 0.564. The van der Waals surface area contributed by atoms with Crippen LogP contribution in [0.1, 0.15) is 26.7 Å². The SMILES string of the molecule is CCCOCCC(=O)NCC(C)CN. The minimum Gasteiger partial charge on any atom is -0.381 e. The zero-order chi connectivity index (χ0) is 10.8. The Morgan fingerprint density at radius 2 is 2.21 bits per heavy atom. The first kappa shape index (κ1) is 13.4. The van der Waals surface area contributed by atoms with Gasteiger partial charge < -0.3 is 15.8 Å². The molecule has 0 fully saturated rings. The van der Waals surface area contributed by atoms with Gasteiger partial charge in [0.05, 0.1) is 6.61 Å². The molecule has 0 aliphatic heterocycles. The summed E-state index contributed by atoms with van der Waals surface area (Å²) in [5.41, 5.74) is 5.42. The lowest BCUT2D eigenvalue weighted by molar-refractivity contribution is -0.122. The topological polar surface area (TPSA) is 64.3 Å². The second-order valence-corrected chi connectivity index (χ2v) is 3.51. The van der Waals surface area contributed by atoms with Crippen molar-refractivity contribution in [1.29, 1.82) is 0 Å². The van der Waals surface area contributed by atoms with Gasteiger partial charge in [-0.25, -0.2) is 0 Å². The Kier molecular flexibility index (Phi) is 8.57. The van der Waals surface area contributed by atoms with Crippen LogP contribution in [0.2, 0.25) is 0 Å². The fourth-order valence-electron chi connectivity index (χ4n) is 0.871. The number of nitrogens with two attached hydrogens (primary N) is 1.